The number of aromatic nitrogens is 3. The summed E-state index contributed by atoms with van der Waals surface area (Å²) in [6.45, 7) is 1.98. The molecule has 2 heterocycles. The van der Waals surface area contributed by atoms with E-state index < -0.39 is 5.97 Å². The van der Waals surface area contributed by atoms with Gasteiger partial charge in [-0.25, -0.2) is 14.5 Å². The lowest BCUT2D eigenvalue weighted by Gasteiger charge is -1.99. The molecule has 2 N–H and O–H groups in total. The van der Waals surface area contributed by atoms with Gasteiger partial charge in [-0.1, -0.05) is 11.6 Å². The number of nitrogens with zero attached hydrogens (tertiary/aromatic N) is 3. The van der Waals surface area contributed by atoms with Gasteiger partial charge in [-0.15, -0.1) is 0 Å². The molecule has 0 saturated heterocycles. The Bertz CT molecular complexity index is 565. The Labute approximate surface area is 108 Å². The predicted molar refractivity (Wildman–Crippen MR) is 66.7 cm³/mol. The van der Waals surface area contributed by atoms with Crippen molar-refractivity contribution in [2.24, 2.45) is 0 Å². The monoisotopic (exact) mass is 266 g/mol. The van der Waals surface area contributed by atoms with E-state index in [0.717, 1.165) is 0 Å². The van der Waals surface area contributed by atoms with Crippen LogP contribution in [0.25, 0.3) is 5.82 Å². The highest BCUT2D eigenvalue weighted by Crippen LogP contribution is 2.15. The van der Waals surface area contributed by atoms with Crippen molar-refractivity contribution in [1.29, 1.82) is 0 Å². The summed E-state index contributed by atoms with van der Waals surface area (Å²) in [6.07, 6.45) is 2.99. The van der Waals surface area contributed by atoms with Crippen LogP contribution in [0, 0.1) is 0 Å². The van der Waals surface area contributed by atoms with Crippen molar-refractivity contribution in [1.82, 2.24) is 14.8 Å². The summed E-state index contributed by atoms with van der Waals surface area (Å²) in [4.78, 5) is 15.6. The zero-order chi connectivity index (χ0) is 13.1. The Hall–Kier alpha value is -2.08. The van der Waals surface area contributed by atoms with Crippen molar-refractivity contribution in [3.8, 4) is 5.82 Å². The number of nitrogens with two attached hydrogens (primary N) is 1. The standard InChI is InChI=1S/C11H11ClN4O2/c1-2-18-11(17)10-8(13)6-16(15-10)9-4-3-7(12)5-14-9/h3-6H,2,13H2,1H3. The third-order valence-electron chi connectivity index (χ3n) is 2.16. The number of carbonyl (C=O) groups excluding carboxylic acids is 1. The quantitative estimate of drug-likeness (QED) is 0.855. The minimum Gasteiger partial charge on any atom is -0.461 e. The number of rotatable bonds is 3. The van der Waals surface area contributed by atoms with E-state index in [1.165, 1.54) is 17.1 Å². The van der Waals surface area contributed by atoms with Crippen molar-refractivity contribution in [3.05, 3.63) is 35.2 Å². The van der Waals surface area contributed by atoms with Crippen molar-refractivity contribution in [3.63, 3.8) is 0 Å². The Kier molecular flexibility index (Phi) is 3.47. The highest BCUT2D eigenvalue weighted by Gasteiger charge is 2.16. The van der Waals surface area contributed by atoms with Crippen LogP contribution in [-0.4, -0.2) is 27.3 Å². The van der Waals surface area contributed by atoms with Gasteiger partial charge in [0.05, 0.1) is 23.5 Å². The van der Waals surface area contributed by atoms with Gasteiger partial charge in [-0.3, -0.25) is 0 Å². The number of anilines is 1. The van der Waals surface area contributed by atoms with Gasteiger partial charge in [0.25, 0.3) is 0 Å². The summed E-state index contributed by atoms with van der Waals surface area (Å²) in [6, 6.07) is 3.34. The maximum atomic E-state index is 11.5. The van der Waals surface area contributed by atoms with Crippen LogP contribution in [0.2, 0.25) is 5.02 Å². The van der Waals surface area contributed by atoms with E-state index in [-0.39, 0.29) is 18.0 Å². The summed E-state index contributed by atoms with van der Waals surface area (Å²) in [5.41, 5.74) is 6.02. The largest absolute Gasteiger partial charge is 0.461 e. The SMILES string of the molecule is CCOC(=O)c1nn(-c2ccc(Cl)cn2)cc1N. The van der Waals surface area contributed by atoms with E-state index in [9.17, 15) is 4.79 Å². The molecular formula is C11H11ClN4O2. The van der Waals surface area contributed by atoms with Crippen LogP contribution in [0.5, 0.6) is 0 Å². The maximum Gasteiger partial charge on any atom is 0.361 e. The van der Waals surface area contributed by atoms with Gasteiger partial charge in [-0.2, -0.15) is 5.10 Å². The Balaban J connectivity index is 2.34. The third kappa shape index (κ3) is 2.43. The first-order valence-corrected chi connectivity index (χ1v) is 5.63. The number of esters is 1. The molecule has 0 saturated carbocycles. The first kappa shape index (κ1) is 12.4. The van der Waals surface area contributed by atoms with Crippen LogP contribution in [0.15, 0.2) is 24.5 Å². The number of hydrogen-bond acceptors (Lipinski definition) is 5. The highest BCUT2D eigenvalue weighted by molar-refractivity contribution is 6.30. The molecule has 0 atom stereocenters. The molecule has 2 aromatic rings. The molecular weight excluding hydrogens is 256 g/mol. The Morgan fingerprint density at radius 2 is 2.33 bits per heavy atom. The molecule has 7 heteroatoms. The second-order valence-electron chi connectivity index (χ2n) is 3.43. The molecule has 0 fully saturated rings. The molecule has 6 nitrogen and oxygen atoms in total. The number of pyridine rings is 1. The van der Waals surface area contributed by atoms with Gasteiger partial charge < -0.3 is 10.5 Å². The highest BCUT2D eigenvalue weighted by atomic mass is 35.5. The van der Waals surface area contributed by atoms with E-state index in [1.54, 1.807) is 19.1 Å². The van der Waals surface area contributed by atoms with E-state index in [2.05, 4.69) is 10.1 Å². The molecule has 0 bridgehead atoms. The minimum absolute atomic E-state index is 0.0774. The van der Waals surface area contributed by atoms with Gasteiger partial charge in [0.15, 0.2) is 11.5 Å². The lowest BCUT2D eigenvalue weighted by atomic mass is 10.4. The normalized spacial score (nSPS) is 10.3. The molecule has 2 aromatic heterocycles. The summed E-state index contributed by atoms with van der Waals surface area (Å²) in [5.74, 6) is -0.0376. The van der Waals surface area contributed by atoms with Crippen molar-refractivity contribution in [2.75, 3.05) is 12.3 Å². The third-order valence-corrected chi connectivity index (χ3v) is 2.38. The van der Waals surface area contributed by atoms with Gasteiger partial charge >= 0.3 is 5.97 Å². The van der Waals surface area contributed by atoms with Crippen molar-refractivity contribution in [2.45, 2.75) is 6.92 Å². The lowest BCUT2D eigenvalue weighted by molar-refractivity contribution is 0.0520. The van der Waals surface area contributed by atoms with Crippen LogP contribution in [0.1, 0.15) is 17.4 Å². The molecule has 0 spiro atoms. The van der Waals surface area contributed by atoms with Gasteiger partial charge in [0, 0.05) is 6.20 Å². The average Bonchev–Trinajstić information content (AvgIpc) is 2.72. The van der Waals surface area contributed by atoms with Crippen LogP contribution in [0.3, 0.4) is 0 Å². The molecule has 0 unspecified atom stereocenters. The number of carbonyl (C=O) groups is 1. The Morgan fingerprint density at radius 3 is 2.94 bits per heavy atom. The fourth-order valence-electron chi connectivity index (χ4n) is 1.37. The second-order valence-corrected chi connectivity index (χ2v) is 3.87. The van der Waals surface area contributed by atoms with Gasteiger partial charge in [0.2, 0.25) is 0 Å². The van der Waals surface area contributed by atoms with Crippen LogP contribution in [0.4, 0.5) is 5.69 Å². The van der Waals surface area contributed by atoms with Crippen molar-refractivity contribution >= 4 is 23.3 Å². The fraction of sp³-hybridized carbons (Fsp3) is 0.182. The maximum absolute atomic E-state index is 11.5. The van der Waals surface area contributed by atoms with Crippen LogP contribution >= 0.6 is 11.6 Å². The first-order chi connectivity index (χ1) is 8.61. The topological polar surface area (TPSA) is 83.0 Å². The first-order valence-electron chi connectivity index (χ1n) is 5.26. The summed E-state index contributed by atoms with van der Waals surface area (Å²) < 4.78 is 6.24. The molecule has 2 rings (SSSR count). The van der Waals surface area contributed by atoms with Crippen LogP contribution < -0.4 is 5.73 Å². The molecule has 18 heavy (non-hydrogen) atoms. The number of halogens is 1. The second kappa shape index (κ2) is 5.05. The zero-order valence-electron chi connectivity index (χ0n) is 9.63. The molecule has 94 valence electrons. The van der Waals surface area contributed by atoms with Gasteiger partial charge in [-0.05, 0) is 19.1 Å². The van der Waals surface area contributed by atoms with Crippen molar-refractivity contribution < 1.29 is 9.53 Å². The molecule has 0 aliphatic carbocycles. The summed E-state index contributed by atoms with van der Waals surface area (Å²) >= 11 is 5.74. The zero-order valence-corrected chi connectivity index (χ0v) is 10.4. The molecule has 0 aromatic carbocycles. The smallest absolute Gasteiger partial charge is 0.361 e. The van der Waals surface area contributed by atoms with Gasteiger partial charge in [0.1, 0.15) is 0 Å². The van der Waals surface area contributed by atoms with E-state index >= 15 is 0 Å². The summed E-state index contributed by atoms with van der Waals surface area (Å²) in [5, 5.41) is 4.56. The summed E-state index contributed by atoms with van der Waals surface area (Å²) in [7, 11) is 0. The number of nitrogen functional groups attached to an aromatic ring is 1. The van der Waals surface area contributed by atoms with E-state index in [1.807, 2.05) is 0 Å². The number of hydrogen-bond donors (Lipinski definition) is 1. The number of ether oxygens (including phenoxy) is 1. The van der Waals surface area contributed by atoms with Crippen LogP contribution in [-0.2, 0) is 4.74 Å². The molecule has 0 radical (unpaired) electrons. The Morgan fingerprint density at radius 1 is 1.56 bits per heavy atom. The minimum atomic E-state index is -0.553. The lowest BCUT2D eigenvalue weighted by Crippen LogP contribution is -2.08. The fourth-order valence-corrected chi connectivity index (χ4v) is 1.48. The molecule has 0 aliphatic rings. The van der Waals surface area contributed by atoms with E-state index in [4.69, 9.17) is 22.1 Å². The molecule has 0 aliphatic heterocycles. The average molecular weight is 267 g/mol. The predicted octanol–water partition coefficient (Wildman–Crippen LogP) is 1.68. The molecule has 0 amide bonds. The van der Waals surface area contributed by atoms with E-state index in [0.29, 0.717) is 10.8 Å².